The molecule has 0 radical (unpaired) electrons. The van der Waals surface area contributed by atoms with E-state index in [4.69, 9.17) is 0 Å². The fraction of sp³-hybridized carbons (Fsp3) is 1.00. The van der Waals surface area contributed by atoms with E-state index in [2.05, 4.69) is 37.6 Å². The Labute approximate surface area is 76.5 Å². The molecule has 0 saturated carbocycles. The second-order valence-electron chi connectivity index (χ2n) is 3.78. The quantitative estimate of drug-likeness (QED) is 0.623. The molecule has 2 atom stereocenters. The summed E-state index contributed by atoms with van der Waals surface area (Å²) in [6.45, 7) is 9.31. The fourth-order valence-electron chi connectivity index (χ4n) is 2.18. The Hall–Kier alpha value is -0.0800. The molecule has 0 aliphatic carbocycles. The van der Waals surface area contributed by atoms with Crippen molar-refractivity contribution in [3.63, 3.8) is 0 Å². The van der Waals surface area contributed by atoms with Crippen LogP contribution in [0.15, 0.2) is 0 Å². The monoisotopic (exact) mass is 170 g/mol. The summed E-state index contributed by atoms with van der Waals surface area (Å²) >= 11 is 0. The van der Waals surface area contributed by atoms with Crippen LogP contribution in [0, 0.1) is 0 Å². The minimum absolute atomic E-state index is 0.633. The number of rotatable bonds is 2. The highest BCUT2D eigenvalue weighted by Crippen LogP contribution is 2.19. The van der Waals surface area contributed by atoms with Gasteiger partial charge in [0.25, 0.3) is 0 Å². The third-order valence-corrected chi connectivity index (χ3v) is 3.32. The first-order valence-corrected chi connectivity index (χ1v) is 5.16. The van der Waals surface area contributed by atoms with Crippen LogP contribution < -0.4 is 0 Å². The predicted molar refractivity (Wildman–Crippen MR) is 53.2 cm³/mol. The summed E-state index contributed by atoms with van der Waals surface area (Å²) < 4.78 is 0. The lowest BCUT2D eigenvalue weighted by atomic mass is 10.1. The van der Waals surface area contributed by atoms with Gasteiger partial charge in [0, 0.05) is 12.6 Å². The maximum Gasteiger partial charge on any atom is 0.0593 e. The van der Waals surface area contributed by atoms with Crippen LogP contribution in [0.25, 0.3) is 0 Å². The molecule has 0 N–H and O–H groups in total. The Kier molecular flexibility index (Phi) is 3.53. The largest absolute Gasteiger partial charge is 0.288 e. The van der Waals surface area contributed by atoms with Crippen molar-refractivity contribution < 1.29 is 0 Å². The molecule has 1 saturated heterocycles. The molecule has 0 spiro atoms. The lowest BCUT2D eigenvalue weighted by Crippen LogP contribution is -2.54. The summed E-state index contributed by atoms with van der Waals surface area (Å²) in [6.07, 6.45) is 3.26. The molecule has 0 aromatic carbocycles. The van der Waals surface area contributed by atoms with Crippen LogP contribution in [-0.2, 0) is 0 Å². The van der Waals surface area contributed by atoms with E-state index in [-0.39, 0.29) is 0 Å². The molecular weight excluding hydrogens is 148 g/mol. The summed E-state index contributed by atoms with van der Waals surface area (Å²) in [4.78, 5) is 5.04. The van der Waals surface area contributed by atoms with Gasteiger partial charge in [-0.25, -0.2) is 0 Å². The van der Waals surface area contributed by atoms with Crippen molar-refractivity contribution in [2.24, 2.45) is 0 Å². The second-order valence-corrected chi connectivity index (χ2v) is 3.78. The molecule has 12 heavy (non-hydrogen) atoms. The molecule has 2 heteroatoms. The van der Waals surface area contributed by atoms with Crippen molar-refractivity contribution in [2.45, 2.75) is 45.8 Å². The van der Waals surface area contributed by atoms with E-state index in [0.29, 0.717) is 6.17 Å². The van der Waals surface area contributed by atoms with Gasteiger partial charge < -0.3 is 0 Å². The van der Waals surface area contributed by atoms with Gasteiger partial charge in [0.1, 0.15) is 0 Å². The van der Waals surface area contributed by atoms with Gasteiger partial charge in [-0.05, 0) is 33.4 Å². The van der Waals surface area contributed by atoms with Crippen LogP contribution in [-0.4, -0.2) is 42.1 Å². The molecule has 1 aliphatic heterocycles. The summed E-state index contributed by atoms with van der Waals surface area (Å²) in [7, 11) is 2.25. The van der Waals surface area contributed by atoms with Gasteiger partial charge in [0.15, 0.2) is 0 Å². The molecule has 1 fully saturated rings. The van der Waals surface area contributed by atoms with Crippen molar-refractivity contribution in [2.75, 3.05) is 20.1 Å². The highest BCUT2D eigenvalue weighted by Gasteiger charge is 2.27. The number of hydrogen-bond donors (Lipinski definition) is 0. The minimum atomic E-state index is 0.633. The maximum atomic E-state index is 2.53. The zero-order valence-corrected chi connectivity index (χ0v) is 8.88. The smallest absolute Gasteiger partial charge is 0.0593 e. The molecule has 72 valence electrons. The summed E-state index contributed by atoms with van der Waals surface area (Å²) in [5.74, 6) is 0. The Morgan fingerprint density at radius 3 is 2.50 bits per heavy atom. The summed E-state index contributed by atoms with van der Waals surface area (Å²) in [5.41, 5.74) is 0. The molecule has 1 rings (SSSR count). The van der Waals surface area contributed by atoms with E-state index in [9.17, 15) is 0 Å². The third-order valence-electron chi connectivity index (χ3n) is 3.32. The SMILES string of the molecule is CCC1CCN(CC)C(C)N1C. The van der Waals surface area contributed by atoms with Gasteiger partial charge in [0.05, 0.1) is 6.17 Å². The zero-order chi connectivity index (χ0) is 9.14. The highest BCUT2D eigenvalue weighted by atomic mass is 15.4. The normalized spacial score (nSPS) is 34.0. The van der Waals surface area contributed by atoms with Gasteiger partial charge >= 0.3 is 0 Å². The van der Waals surface area contributed by atoms with Crippen molar-refractivity contribution >= 4 is 0 Å². The third kappa shape index (κ3) is 1.80. The van der Waals surface area contributed by atoms with Crippen molar-refractivity contribution in [3.8, 4) is 0 Å². The summed E-state index contributed by atoms with van der Waals surface area (Å²) in [5, 5.41) is 0. The van der Waals surface area contributed by atoms with E-state index in [1.54, 1.807) is 0 Å². The maximum absolute atomic E-state index is 2.53. The average molecular weight is 170 g/mol. The lowest BCUT2D eigenvalue weighted by molar-refractivity contribution is -0.00278. The van der Waals surface area contributed by atoms with E-state index in [1.165, 1.54) is 25.9 Å². The van der Waals surface area contributed by atoms with Crippen LogP contribution in [0.3, 0.4) is 0 Å². The molecule has 0 aromatic heterocycles. The Morgan fingerprint density at radius 2 is 2.00 bits per heavy atom. The average Bonchev–Trinajstić information content (AvgIpc) is 2.10. The van der Waals surface area contributed by atoms with Gasteiger partial charge in [-0.1, -0.05) is 13.8 Å². The zero-order valence-electron chi connectivity index (χ0n) is 8.88. The lowest BCUT2D eigenvalue weighted by Gasteiger charge is -2.44. The summed E-state index contributed by atoms with van der Waals surface area (Å²) in [6, 6.07) is 0.808. The van der Waals surface area contributed by atoms with Gasteiger partial charge in [-0.2, -0.15) is 0 Å². The first-order chi connectivity index (χ1) is 5.70. The molecule has 1 heterocycles. The van der Waals surface area contributed by atoms with Crippen LogP contribution in [0.5, 0.6) is 0 Å². The van der Waals surface area contributed by atoms with Gasteiger partial charge in [0.2, 0.25) is 0 Å². The van der Waals surface area contributed by atoms with Crippen molar-refractivity contribution in [3.05, 3.63) is 0 Å². The standard InChI is InChI=1S/C10H22N2/c1-5-10-7-8-12(6-2)9(3)11(10)4/h9-10H,5-8H2,1-4H3. The van der Waals surface area contributed by atoms with E-state index >= 15 is 0 Å². The Balaban J connectivity index is 2.52. The molecule has 0 amide bonds. The molecular formula is C10H22N2. The molecule has 0 bridgehead atoms. The van der Waals surface area contributed by atoms with E-state index in [0.717, 1.165) is 6.04 Å². The molecule has 2 unspecified atom stereocenters. The second kappa shape index (κ2) is 4.24. The van der Waals surface area contributed by atoms with E-state index in [1.807, 2.05) is 0 Å². The fourth-order valence-corrected chi connectivity index (χ4v) is 2.18. The van der Waals surface area contributed by atoms with Crippen molar-refractivity contribution in [1.82, 2.24) is 9.80 Å². The van der Waals surface area contributed by atoms with E-state index < -0.39 is 0 Å². The van der Waals surface area contributed by atoms with Gasteiger partial charge in [-0.15, -0.1) is 0 Å². The molecule has 2 nitrogen and oxygen atoms in total. The topological polar surface area (TPSA) is 6.48 Å². The van der Waals surface area contributed by atoms with Crippen molar-refractivity contribution in [1.29, 1.82) is 0 Å². The number of hydrogen-bond acceptors (Lipinski definition) is 2. The van der Waals surface area contributed by atoms with Crippen LogP contribution in [0.2, 0.25) is 0 Å². The first-order valence-electron chi connectivity index (χ1n) is 5.16. The van der Waals surface area contributed by atoms with Crippen LogP contribution in [0.4, 0.5) is 0 Å². The molecule has 0 aromatic rings. The van der Waals surface area contributed by atoms with Crippen LogP contribution in [0.1, 0.15) is 33.6 Å². The Bertz CT molecular complexity index is 120. The Morgan fingerprint density at radius 1 is 1.33 bits per heavy atom. The molecule has 1 aliphatic rings. The number of nitrogens with zero attached hydrogens (tertiary/aromatic N) is 2. The minimum Gasteiger partial charge on any atom is -0.288 e. The first kappa shape index (κ1) is 10.0. The van der Waals surface area contributed by atoms with Gasteiger partial charge in [-0.3, -0.25) is 9.80 Å². The van der Waals surface area contributed by atoms with Crippen LogP contribution >= 0.6 is 0 Å². The highest BCUT2D eigenvalue weighted by molar-refractivity contribution is 4.80. The predicted octanol–water partition coefficient (Wildman–Crippen LogP) is 1.77.